The fourth-order valence-corrected chi connectivity index (χ4v) is 2.45. The summed E-state index contributed by atoms with van der Waals surface area (Å²) in [6.45, 7) is 1.92. The van der Waals surface area contributed by atoms with Crippen molar-refractivity contribution in [3.05, 3.63) is 42.0 Å². The maximum Gasteiger partial charge on any atom is 0.242 e. The van der Waals surface area contributed by atoms with Gasteiger partial charge in [-0.05, 0) is 31.2 Å². The second-order valence-corrected chi connectivity index (χ2v) is 5.73. The van der Waals surface area contributed by atoms with E-state index in [-0.39, 0.29) is 11.4 Å². The van der Waals surface area contributed by atoms with Crippen LogP contribution in [0.1, 0.15) is 11.5 Å². The second-order valence-electron chi connectivity index (χ2n) is 3.97. The number of hydrogen-bond acceptors (Lipinski definition) is 5. The number of aromatic nitrogens is 1. The molecule has 2 rings (SSSR count). The first-order chi connectivity index (χ1) is 9.01. The van der Waals surface area contributed by atoms with Gasteiger partial charge >= 0.3 is 0 Å². The molecule has 0 aromatic carbocycles. The van der Waals surface area contributed by atoms with E-state index in [2.05, 4.69) is 15.0 Å². The summed E-state index contributed by atoms with van der Waals surface area (Å²) in [5.74, 6) is 1.93. The zero-order valence-corrected chi connectivity index (χ0v) is 11.5. The minimum Gasteiger partial charge on any atom is -0.465 e. The van der Waals surface area contributed by atoms with Crippen LogP contribution in [0.15, 0.2) is 39.8 Å². The quantitative estimate of drug-likeness (QED) is 0.867. The fraction of sp³-hybridized carbons (Fsp3) is 0.250. The summed E-state index contributed by atoms with van der Waals surface area (Å²) < 4.78 is 31.8. The molecule has 102 valence electrons. The largest absolute Gasteiger partial charge is 0.465 e. The molecule has 0 aliphatic rings. The van der Waals surface area contributed by atoms with Gasteiger partial charge in [-0.3, -0.25) is 0 Å². The predicted molar refractivity (Wildman–Crippen MR) is 71.3 cm³/mol. The van der Waals surface area contributed by atoms with Crippen LogP contribution in [0.4, 0.5) is 5.82 Å². The smallest absolute Gasteiger partial charge is 0.242 e. The van der Waals surface area contributed by atoms with Gasteiger partial charge in [0, 0.05) is 13.2 Å². The Morgan fingerprint density at radius 3 is 2.58 bits per heavy atom. The van der Waals surface area contributed by atoms with Gasteiger partial charge < -0.3 is 9.73 Å². The van der Waals surface area contributed by atoms with Crippen molar-refractivity contribution < 1.29 is 12.8 Å². The van der Waals surface area contributed by atoms with Crippen molar-refractivity contribution in [2.45, 2.75) is 18.4 Å². The Morgan fingerprint density at radius 2 is 2.05 bits per heavy atom. The van der Waals surface area contributed by atoms with Gasteiger partial charge in [0.2, 0.25) is 10.0 Å². The third-order valence-electron chi connectivity index (χ3n) is 2.54. The highest BCUT2D eigenvalue weighted by Gasteiger charge is 2.14. The van der Waals surface area contributed by atoms with E-state index in [1.807, 2.05) is 0 Å². The normalized spacial score (nSPS) is 11.5. The average molecular weight is 281 g/mol. The summed E-state index contributed by atoms with van der Waals surface area (Å²) in [7, 11) is -1.86. The average Bonchev–Trinajstić information content (AvgIpc) is 2.82. The van der Waals surface area contributed by atoms with Crippen LogP contribution in [0, 0.1) is 6.92 Å². The maximum atomic E-state index is 12.0. The molecule has 2 aromatic heterocycles. The number of nitrogens with one attached hydrogen (secondary N) is 2. The molecule has 2 heterocycles. The lowest BCUT2D eigenvalue weighted by Gasteiger charge is -2.05. The van der Waals surface area contributed by atoms with Crippen molar-refractivity contribution in [1.29, 1.82) is 0 Å². The van der Waals surface area contributed by atoms with E-state index in [9.17, 15) is 8.42 Å². The Morgan fingerprint density at radius 1 is 1.26 bits per heavy atom. The number of sulfonamides is 1. The molecule has 0 fully saturated rings. The Balaban J connectivity index is 2.09. The molecule has 0 spiro atoms. The Bertz CT molecular complexity index is 647. The summed E-state index contributed by atoms with van der Waals surface area (Å²) in [5.41, 5.74) is 0. The number of nitrogens with zero attached hydrogens (tertiary/aromatic N) is 1. The number of aryl methyl sites for hydroxylation is 1. The summed E-state index contributed by atoms with van der Waals surface area (Å²) in [6, 6.07) is 6.62. The molecule has 0 saturated heterocycles. The molecule has 0 atom stereocenters. The van der Waals surface area contributed by atoms with E-state index in [1.165, 1.54) is 12.3 Å². The minimum absolute atomic E-state index is 0.115. The molecule has 0 bridgehead atoms. The monoisotopic (exact) mass is 281 g/mol. The lowest BCUT2D eigenvalue weighted by molar-refractivity contribution is 0.475. The number of anilines is 1. The van der Waals surface area contributed by atoms with E-state index >= 15 is 0 Å². The molecular formula is C12H15N3O3S. The van der Waals surface area contributed by atoms with Gasteiger partial charge in [0.1, 0.15) is 22.2 Å². The molecule has 19 heavy (non-hydrogen) atoms. The highest BCUT2D eigenvalue weighted by Crippen LogP contribution is 2.12. The lowest BCUT2D eigenvalue weighted by Crippen LogP contribution is -2.23. The molecule has 0 amide bonds. The van der Waals surface area contributed by atoms with Crippen molar-refractivity contribution in [2.24, 2.45) is 0 Å². The van der Waals surface area contributed by atoms with Gasteiger partial charge in [-0.2, -0.15) is 0 Å². The highest BCUT2D eigenvalue weighted by atomic mass is 32.2. The Kier molecular flexibility index (Phi) is 3.87. The molecule has 2 aromatic rings. The molecule has 2 N–H and O–H groups in total. The van der Waals surface area contributed by atoms with Crippen molar-refractivity contribution in [3.8, 4) is 0 Å². The number of pyridine rings is 1. The van der Waals surface area contributed by atoms with Crippen LogP contribution in [0.25, 0.3) is 0 Å². The van der Waals surface area contributed by atoms with Gasteiger partial charge in [-0.25, -0.2) is 18.1 Å². The Hall–Kier alpha value is -1.86. The van der Waals surface area contributed by atoms with E-state index in [0.717, 1.165) is 5.76 Å². The van der Waals surface area contributed by atoms with Crippen LogP contribution in [0.5, 0.6) is 0 Å². The molecule has 0 unspecified atom stereocenters. The predicted octanol–water partition coefficient (Wildman–Crippen LogP) is 1.50. The van der Waals surface area contributed by atoms with Gasteiger partial charge in [-0.15, -0.1) is 0 Å². The number of furan rings is 1. The first-order valence-electron chi connectivity index (χ1n) is 5.70. The molecular weight excluding hydrogens is 266 g/mol. The summed E-state index contributed by atoms with van der Waals surface area (Å²) in [5, 5.41) is 2.82. The minimum atomic E-state index is -3.57. The Labute approximate surface area is 111 Å². The van der Waals surface area contributed by atoms with Crippen molar-refractivity contribution >= 4 is 15.8 Å². The van der Waals surface area contributed by atoms with Crippen LogP contribution in [0.2, 0.25) is 0 Å². The van der Waals surface area contributed by atoms with E-state index < -0.39 is 10.0 Å². The van der Waals surface area contributed by atoms with E-state index in [0.29, 0.717) is 11.6 Å². The van der Waals surface area contributed by atoms with Crippen LogP contribution in [0.3, 0.4) is 0 Å². The first-order valence-corrected chi connectivity index (χ1v) is 7.18. The topological polar surface area (TPSA) is 84.2 Å². The van der Waals surface area contributed by atoms with Gasteiger partial charge in [0.05, 0.1) is 6.54 Å². The summed E-state index contributed by atoms with van der Waals surface area (Å²) >= 11 is 0. The molecule has 0 saturated carbocycles. The van der Waals surface area contributed by atoms with Gasteiger partial charge in [-0.1, -0.05) is 0 Å². The maximum absolute atomic E-state index is 12.0. The second kappa shape index (κ2) is 5.41. The van der Waals surface area contributed by atoms with Crippen molar-refractivity contribution in [3.63, 3.8) is 0 Å². The van der Waals surface area contributed by atoms with Crippen molar-refractivity contribution in [2.75, 3.05) is 12.4 Å². The van der Waals surface area contributed by atoms with Crippen LogP contribution in [-0.2, 0) is 16.6 Å². The summed E-state index contributed by atoms with van der Waals surface area (Å²) in [6.07, 6.45) is 1.31. The third-order valence-corrected chi connectivity index (χ3v) is 3.92. The first kappa shape index (κ1) is 13.6. The zero-order valence-electron chi connectivity index (χ0n) is 10.7. The van der Waals surface area contributed by atoms with Crippen molar-refractivity contribution in [1.82, 2.24) is 9.71 Å². The molecule has 7 heteroatoms. The summed E-state index contributed by atoms with van der Waals surface area (Å²) in [4.78, 5) is 4.09. The van der Waals surface area contributed by atoms with E-state index in [1.54, 1.807) is 32.2 Å². The lowest BCUT2D eigenvalue weighted by atomic mass is 10.4. The highest BCUT2D eigenvalue weighted by molar-refractivity contribution is 7.89. The molecule has 0 radical (unpaired) electrons. The van der Waals surface area contributed by atoms with Crippen LogP contribution < -0.4 is 10.0 Å². The fourth-order valence-electron chi connectivity index (χ4n) is 1.52. The van der Waals surface area contributed by atoms with E-state index in [4.69, 9.17) is 4.42 Å². The van der Waals surface area contributed by atoms with Crippen LogP contribution in [-0.4, -0.2) is 20.4 Å². The molecule has 0 aliphatic heterocycles. The number of rotatable bonds is 5. The third kappa shape index (κ3) is 3.33. The SMILES string of the molecule is CNc1ccc(S(=O)(=O)NCc2ccc(C)o2)cn1. The standard InChI is InChI=1S/C12H15N3O3S/c1-9-3-4-10(18-9)7-15-19(16,17)11-5-6-12(13-2)14-8-11/h3-6,8,15H,7H2,1-2H3,(H,13,14). The molecule has 0 aliphatic carbocycles. The zero-order chi connectivity index (χ0) is 13.9. The van der Waals surface area contributed by atoms with Gasteiger partial charge in [0.15, 0.2) is 0 Å². The van der Waals surface area contributed by atoms with Gasteiger partial charge in [0.25, 0.3) is 0 Å². The van der Waals surface area contributed by atoms with Crippen LogP contribution >= 0.6 is 0 Å². The molecule has 6 nitrogen and oxygen atoms in total. The number of hydrogen-bond donors (Lipinski definition) is 2.